The maximum atomic E-state index is 14.8. The maximum Gasteiger partial charge on any atom is 0.347 e. The largest absolute Gasteiger partial charge is 0.347 e. The summed E-state index contributed by atoms with van der Waals surface area (Å²) in [6.45, 7) is 2.66. The molecular formula is C23H20F2N4O. The normalized spacial score (nSPS) is 17.1. The van der Waals surface area contributed by atoms with Crippen molar-refractivity contribution in [3.05, 3.63) is 57.8 Å². The number of anilines is 2. The van der Waals surface area contributed by atoms with E-state index in [2.05, 4.69) is 33.7 Å². The van der Waals surface area contributed by atoms with Crippen LogP contribution in [0.3, 0.4) is 0 Å². The molecule has 1 N–H and O–H groups in total. The van der Waals surface area contributed by atoms with Crippen LogP contribution in [-0.4, -0.2) is 21.5 Å². The highest BCUT2D eigenvalue weighted by Gasteiger charge is 2.35. The molecule has 0 amide bonds. The fourth-order valence-electron chi connectivity index (χ4n) is 3.89. The lowest BCUT2D eigenvalue weighted by molar-refractivity contribution is 0.516. The highest BCUT2D eigenvalue weighted by molar-refractivity contribution is 5.92. The number of nitrogens with one attached hydrogen (secondary N) is 1. The van der Waals surface area contributed by atoms with Gasteiger partial charge in [0.1, 0.15) is 0 Å². The molecule has 2 aromatic heterocycles. The minimum absolute atomic E-state index is 0.0376. The number of H-pyrrole nitrogens is 1. The van der Waals surface area contributed by atoms with Crippen molar-refractivity contribution in [2.45, 2.75) is 39.0 Å². The second-order valence-corrected chi connectivity index (χ2v) is 8.25. The van der Waals surface area contributed by atoms with Gasteiger partial charge in [-0.3, -0.25) is 4.98 Å². The van der Waals surface area contributed by atoms with Crippen molar-refractivity contribution in [3.63, 3.8) is 0 Å². The summed E-state index contributed by atoms with van der Waals surface area (Å²) >= 11 is 0. The van der Waals surface area contributed by atoms with E-state index in [1.807, 2.05) is 0 Å². The van der Waals surface area contributed by atoms with E-state index in [1.165, 1.54) is 6.07 Å². The Kier molecular flexibility index (Phi) is 4.31. The SMILES string of the molecule is CC1(C#Cc2cncc3c2CCCCN3c2nc(=O)[nH]c3ccc(F)c(F)c23)CC1. The van der Waals surface area contributed by atoms with Gasteiger partial charge in [0, 0.05) is 23.7 Å². The summed E-state index contributed by atoms with van der Waals surface area (Å²) in [5.41, 5.74) is 2.27. The van der Waals surface area contributed by atoms with Gasteiger partial charge in [0.2, 0.25) is 0 Å². The molecule has 30 heavy (non-hydrogen) atoms. The Labute approximate surface area is 172 Å². The smallest absolute Gasteiger partial charge is 0.324 e. The van der Waals surface area contributed by atoms with Gasteiger partial charge in [0.15, 0.2) is 17.5 Å². The van der Waals surface area contributed by atoms with E-state index in [9.17, 15) is 13.6 Å². The lowest BCUT2D eigenvalue weighted by atomic mass is 10.0. The molecule has 1 saturated carbocycles. The number of aromatic nitrogens is 3. The van der Waals surface area contributed by atoms with Crippen LogP contribution in [0.4, 0.5) is 20.3 Å². The van der Waals surface area contributed by atoms with Gasteiger partial charge in [-0.15, -0.1) is 0 Å². The van der Waals surface area contributed by atoms with Crippen molar-refractivity contribution < 1.29 is 8.78 Å². The molecule has 5 nitrogen and oxygen atoms in total. The monoisotopic (exact) mass is 406 g/mol. The Morgan fingerprint density at radius 2 is 2.03 bits per heavy atom. The number of halogens is 2. The lowest BCUT2D eigenvalue weighted by Gasteiger charge is -2.25. The van der Waals surface area contributed by atoms with Gasteiger partial charge in [0.25, 0.3) is 0 Å². The molecule has 152 valence electrons. The highest BCUT2D eigenvalue weighted by Crippen LogP contribution is 2.44. The molecule has 7 heteroatoms. The molecule has 2 aliphatic rings. The molecule has 3 aromatic rings. The van der Waals surface area contributed by atoms with Gasteiger partial charge in [-0.25, -0.2) is 13.6 Å². The van der Waals surface area contributed by atoms with Crippen LogP contribution in [0, 0.1) is 28.9 Å². The third kappa shape index (κ3) is 3.22. The van der Waals surface area contributed by atoms with E-state index in [-0.39, 0.29) is 22.1 Å². The van der Waals surface area contributed by atoms with Gasteiger partial charge in [-0.05, 0) is 56.7 Å². The molecule has 0 atom stereocenters. The van der Waals surface area contributed by atoms with Crippen LogP contribution >= 0.6 is 0 Å². The number of nitrogens with zero attached hydrogens (tertiary/aromatic N) is 3. The molecule has 0 saturated heterocycles. The predicted octanol–water partition coefficient (Wildman–Crippen LogP) is 4.22. The zero-order valence-electron chi connectivity index (χ0n) is 16.6. The van der Waals surface area contributed by atoms with Crippen molar-refractivity contribution in [1.29, 1.82) is 0 Å². The first-order chi connectivity index (χ1) is 14.5. The van der Waals surface area contributed by atoms with E-state index < -0.39 is 17.3 Å². The minimum Gasteiger partial charge on any atom is -0.324 e. The quantitative estimate of drug-likeness (QED) is 0.615. The van der Waals surface area contributed by atoms with Gasteiger partial charge >= 0.3 is 5.69 Å². The number of pyridine rings is 1. The maximum absolute atomic E-state index is 14.8. The third-order valence-electron chi connectivity index (χ3n) is 5.91. The molecule has 5 rings (SSSR count). The van der Waals surface area contributed by atoms with Crippen molar-refractivity contribution in [1.82, 2.24) is 15.0 Å². The fourth-order valence-corrected chi connectivity index (χ4v) is 3.89. The number of hydrogen-bond donors (Lipinski definition) is 1. The fraction of sp³-hybridized carbons (Fsp3) is 0.348. The number of fused-ring (bicyclic) bond motifs is 2. The topological polar surface area (TPSA) is 61.9 Å². The van der Waals surface area contributed by atoms with Gasteiger partial charge < -0.3 is 9.88 Å². The van der Waals surface area contributed by atoms with E-state index in [1.54, 1.807) is 17.3 Å². The Hall–Kier alpha value is -3.27. The van der Waals surface area contributed by atoms with Crippen LogP contribution in [0.2, 0.25) is 0 Å². The summed E-state index contributed by atoms with van der Waals surface area (Å²) in [4.78, 5) is 24.8. The van der Waals surface area contributed by atoms with Gasteiger partial charge in [0.05, 0.1) is 22.8 Å². The Bertz CT molecular complexity index is 1280. The van der Waals surface area contributed by atoms with Crippen LogP contribution in [0.25, 0.3) is 10.9 Å². The number of aromatic amines is 1. The van der Waals surface area contributed by atoms with Crippen LogP contribution in [0.15, 0.2) is 29.3 Å². The Morgan fingerprint density at radius 3 is 2.83 bits per heavy atom. The van der Waals surface area contributed by atoms with E-state index in [0.29, 0.717) is 6.54 Å². The second kappa shape index (κ2) is 6.91. The average molecular weight is 406 g/mol. The first-order valence-corrected chi connectivity index (χ1v) is 10.1. The van der Waals surface area contributed by atoms with Crippen LogP contribution in [0.5, 0.6) is 0 Å². The molecule has 1 aliphatic carbocycles. The van der Waals surface area contributed by atoms with Crippen LogP contribution in [-0.2, 0) is 6.42 Å². The summed E-state index contributed by atoms with van der Waals surface area (Å²) in [7, 11) is 0. The summed E-state index contributed by atoms with van der Waals surface area (Å²) in [5, 5.41) is -0.0376. The summed E-state index contributed by atoms with van der Waals surface area (Å²) < 4.78 is 28.8. The van der Waals surface area contributed by atoms with E-state index in [4.69, 9.17) is 0 Å². The zero-order chi connectivity index (χ0) is 20.9. The van der Waals surface area contributed by atoms with E-state index in [0.717, 1.165) is 55.0 Å². The average Bonchev–Trinajstić information content (AvgIpc) is 3.50. The van der Waals surface area contributed by atoms with Crippen LogP contribution in [0.1, 0.15) is 43.7 Å². The molecule has 0 bridgehead atoms. The molecule has 1 aliphatic heterocycles. The van der Waals surface area contributed by atoms with E-state index >= 15 is 0 Å². The molecule has 0 unspecified atom stereocenters. The summed E-state index contributed by atoms with van der Waals surface area (Å²) in [6, 6.07) is 2.36. The first-order valence-electron chi connectivity index (χ1n) is 10.1. The Morgan fingerprint density at radius 1 is 1.20 bits per heavy atom. The number of rotatable bonds is 1. The van der Waals surface area contributed by atoms with Crippen molar-refractivity contribution in [2.75, 3.05) is 11.4 Å². The third-order valence-corrected chi connectivity index (χ3v) is 5.91. The second-order valence-electron chi connectivity index (χ2n) is 8.25. The van der Waals surface area contributed by atoms with Gasteiger partial charge in [-0.2, -0.15) is 4.98 Å². The standard InChI is InChI=1S/C23H20F2N4O/c1-23(9-10-23)8-7-14-12-26-13-18-15(14)4-2-3-11-29(18)21-19-17(27-22(30)28-21)6-5-16(24)20(19)25/h5-6,12-13H,2-4,9-11H2,1H3,(H,27,28,30). The molecular weight excluding hydrogens is 386 g/mol. The number of benzene rings is 1. The molecule has 0 spiro atoms. The Balaban J connectivity index is 1.72. The molecule has 3 heterocycles. The lowest BCUT2D eigenvalue weighted by Crippen LogP contribution is -2.24. The molecule has 1 fully saturated rings. The zero-order valence-corrected chi connectivity index (χ0v) is 16.6. The number of hydrogen-bond acceptors (Lipinski definition) is 4. The molecule has 1 aromatic carbocycles. The molecule has 0 radical (unpaired) electrons. The summed E-state index contributed by atoms with van der Waals surface area (Å²) in [6.07, 6.45) is 8.17. The van der Waals surface area contributed by atoms with Gasteiger partial charge in [-0.1, -0.05) is 11.8 Å². The van der Waals surface area contributed by atoms with Crippen molar-refractivity contribution in [2.24, 2.45) is 5.41 Å². The first kappa shape index (κ1) is 18.7. The summed E-state index contributed by atoms with van der Waals surface area (Å²) in [5.74, 6) is 4.72. The predicted molar refractivity (Wildman–Crippen MR) is 111 cm³/mol. The minimum atomic E-state index is -1.03. The highest BCUT2D eigenvalue weighted by atomic mass is 19.2. The van der Waals surface area contributed by atoms with Crippen molar-refractivity contribution >= 4 is 22.4 Å². The van der Waals surface area contributed by atoms with Crippen LogP contribution < -0.4 is 10.6 Å². The van der Waals surface area contributed by atoms with Crippen molar-refractivity contribution in [3.8, 4) is 11.8 Å².